The molecular weight excluding hydrogens is 221 g/mol. The van der Waals surface area contributed by atoms with Crippen molar-refractivity contribution in [2.45, 2.75) is 24.6 Å². The average molecular weight is 228 g/mol. The van der Waals surface area contributed by atoms with Gasteiger partial charge >= 0.3 is 6.18 Å². The number of halogens is 3. The molecule has 0 amide bonds. The molecule has 1 heterocycles. The number of aliphatic imine (C=N–C) groups is 1. The Labute approximate surface area is 89.0 Å². The molecule has 0 saturated heterocycles. The zero-order valence-corrected chi connectivity index (χ0v) is 8.08. The van der Waals surface area contributed by atoms with E-state index in [9.17, 15) is 18.0 Å². The van der Waals surface area contributed by atoms with Gasteiger partial charge in [0.25, 0.3) is 0 Å². The monoisotopic (exact) mass is 228 g/mol. The van der Waals surface area contributed by atoms with E-state index >= 15 is 0 Å². The molecule has 1 aliphatic rings. The fourth-order valence-electron chi connectivity index (χ4n) is 1.61. The quantitative estimate of drug-likeness (QED) is 0.576. The van der Waals surface area contributed by atoms with Gasteiger partial charge in [0.05, 0.1) is 11.3 Å². The second-order valence-electron chi connectivity index (χ2n) is 3.63. The Kier molecular flexibility index (Phi) is 2.31. The van der Waals surface area contributed by atoms with Gasteiger partial charge in [-0.15, -0.1) is 0 Å². The molecule has 0 aromatic carbocycles. The van der Waals surface area contributed by atoms with Crippen molar-refractivity contribution in [3.8, 4) is 0 Å². The van der Waals surface area contributed by atoms with Crippen LogP contribution in [0, 0.1) is 0 Å². The molecule has 1 aromatic rings. The highest BCUT2D eigenvalue weighted by Crippen LogP contribution is 2.51. The standard InChI is InChI=1S/C10H7F3N2O/c11-10(12,13)7-2-1-5-14-8(7)9(3-4-9)15-6-16/h1-2,5H,3-4H2. The lowest BCUT2D eigenvalue weighted by Gasteiger charge is -2.14. The number of isocyanates is 1. The predicted molar refractivity (Wildman–Crippen MR) is 48.3 cm³/mol. The molecule has 84 valence electrons. The SMILES string of the molecule is O=C=NC1(c2ncccc2C(F)(F)F)CC1. The number of rotatable bonds is 2. The lowest BCUT2D eigenvalue weighted by molar-refractivity contribution is -0.138. The maximum atomic E-state index is 12.7. The van der Waals surface area contributed by atoms with Crippen LogP contribution in [0.15, 0.2) is 23.3 Å². The van der Waals surface area contributed by atoms with Gasteiger partial charge in [-0.05, 0) is 25.0 Å². The minimum atomic E-state index is -4.47. The summed E-state index contributed by atoms with van der Waals surface area (Å²) in [7, 11) is 0. The van der Waals surface area contributed by atoms with Crippen LogP contribution in [0.3, 0.4) is 0 Å². The van der Waals surface area contributed by atoms with Crippen LogP contribution in [0.2, 0.25) is 0 Å². The largest absolute Gasteiger partial charge is 0.418 e. The molecule has 1 saturated carbocycles. The molecule has 1 aromatic heterocycles. The van der Waals surface area contributed by atoms with E-state index in [0.29, 0.717) is 12.8 Å². The van der Waals surface area contributed by atoms with E-state index in [4.69, 9.17) is 0 Å². The van der Waals surface area contributed by atoms with Gasteiger partial charge in [0.15, 0.2) is 0 Å². The van der Waals surface area contributed by atoms with E-state index in [0.717, 1.165) is 6.07 Å². The Bertz CT molecular complexity index is 459. The van der Waals surface area contributed by atoms with Crippen molar-refractivity contribution < 1.29 is 18.0 Å². The van der Waals surface area contributed by atoms with E-state index in [-0.39, 0.29) is 5.69 Å². The zero-order chi connectivity index (χ0) is 11.8. The molecule has 0 aliphatic heterocycles. The van der Waals surface area contributed by atoms with Crippen molar-refractivity contribution in [3.63, 3.8) is 0 Å². The Morgan fingerprint density at radius 2 is 2.12 bits per heavy atom. The smallest absolute Gasteiger partial charge is 0.258 e. The summed E-state index contributed by atoms with van der Waals surface area (Å²) in [6.07, 6.45) is -1.08. The number of alkyl halides is 3. The first-order chi connectivity index (χ1) is 7.49. The molecule has 1 aliphatic carbocycles. The van der Waals surface area contributed by atoms with Gasteiger partial charge in [-0.25, -0.2) is 4.79 Å². The van der Waals surface area contributed by atoms with Gasteiger partial charge in [0.2, 0.25) is 6.08 Å². The van der Waals surface area contributed by atoms with E-state index < -0.39 is 17.3 Å². The molecule has 0 unspecified atom stereocenters. The van der Waals surface area contributed by atoms with Crippen LogP contribution in [-0.2, 0) is 16.5 Å². The van der Waals surface area contributed by atoms with Crippen LogP contribution in [0.1, 0.15) is 24.1 Å². The van der Waals surface area contributed by atoms with Crippen molar-refractivity contribution in [3.05, 3.63) is 29.6 Å². The number of pyridine rings is 1. The van der Waals surface area contributed by atoms with E-state index in [1.165, 1.54) is 18.3 Å². The summed E-state index contributed by atoms with van der Waals surface area (Å²) >= 11 is 0. The normalized spacial score (nSPS) is 17.7. The second kappa shape index (κ2) is 3.42. The van der Waals surface area contributed by atoms with Crippen molar-refractivity contribution in [1.82, 2.24) is 4.98 Å². The van der Waals surface area contributed by atoms with Crippen molar-refractivity contribution >= 4 is 6.08 Å². The van der Waals surface area contributed by atoms with Gasteiger partial charge in [0, 0.05) is 6.20 Å². The molecule has 0 spiro atoms. The lowest BCUT2D eigenvalue weighted by Crippen LogP contribution is -2.16. The number of hydrogen-bond donors (Lipinski definition) is 0. The fourth-order valence-corrected chi connectivity index (χ4v) is 1.61. The van der Waals surface area contributed by atoms with Crippen LogP contribution in [0.4, 0.5) is 13.2 Å². The fraction of sp³-hybridized carbons (Fsp3) is 0.400. The minimum absolute atomic E-state index is 0.175. The third kappa shape index (κ3) is 1.72. The molecule has 16 heavy (non-hydrogen) atoms. The number of hydrogen-bond acceptors (Lipinski definition) is 3. The Hall–Kier alpha value is -1.68. The molecule has 0 bridgehead atoms. The molecule has 1 fully saturated rings. The van der Waals surface area contributed by atoms with Crippen LogP contribution in [0.25, 0.3) is 0 Å². The summed E-state index contributed by atoms with van der Waals surface area (Å²) in [6, 6.07) is 2.16. The van der Waals surface area contributed by atoms with Gasteiger partial charge < -0.3 is 0 Å². The molecule has 0 radical (unpaired) electrons. The summed E-state index contributed by atoms with van der Waals surface area (Å²) in [6.45, 7) is 0. The number of carbonyl (C=O) groups excluding carboxylic acids is 1. The predicted octanol–water partition coefficient (Wildman–Crippen LogP) is 2.43. The van der Waals surface area contributed by atoms with Gasteiger partial charge in [-0.2, -0.15) is 18.2 Å². The van der Waals surface area contributed by atoms with Crippen LogP contribution in [0.5, 0.6) is 0 Å². The first-order valence-corrected chi connectivity index (χ1v) is 4.61. The van der Waals surface area contributed by atoms with Crippen LogP contribution < -0.4 is 0 Å². The number of aromatic nitrogens is 1. The van der Waals surface area contributed by atoms with Gasteiger partial charge in [0.1, 0.15) is 5.54 Å². The topological polar surface area (TPSA) is 42.3 Å². The first kappa shape index (κ1) is 10.8. The highest BCUT2D eigenvalue weighted by Gasteiger charge is 2.51. The van der Waals surface area contributed by atoms with Crippen molar-refractivity contribution in [2.24, 2.45) is 4.99 Å². The Balaban J connectivity index is 2.54. The summed E-state index contributed by atoms with van der Waals surface area (Å²) in [5.74, 6) is 0. The molecule has 6 heteroatoms. The highest BCUT2D eigenvalue weighted by atomic mass is 19.4. The van der Waals surface area contributed by atoms with Crippen LogP contribution in [-0.4, -0.2) is 11.1 Å². The van der Waals surface area contributed by atoms with Gasteiger partial charge in [-0.1, -0.05) is 0 Å². The molecule has 0 N–H and O–H groups in total. The van der Waals surface area contributed by atoms with E-state index in [1.807, 2.05) is 0 Å². The van der Waals surface area contributed by atoms with Gasteiger partial charge in [-0.3, -0.25) is 4.98 Å². The average Bonchev–Trinajstić information content (AvgIpc) is 2.98. The van der Waals surface area contributed by atoms with Crippen molar-refractivity contribution in [1.29, 1.82) is 0 Å². The minimum Gasteiger partial charge on any atom is -0.258 e. The Morgan fingerprint density at radius 1 is 1.44 bits per heavy atom. The third-order valence-electron chi connectivity index (χ3n) is 2.54. The molecule has 0 atom stereocenters. The molecule has 3 nitrogen and oxygen atoms in total. The summed E-state index contributed by atoms with van der Waals surface area (Å²) < 4.78 is 38.0. The summed E-state index contributed by atoms with van der Waals surface area (Å²) in [5.41, 5.74) is -2.09. The van der Waals surface area contributed by atoms with E-state index in [1.54, 1.807) is 0 Å². The first-order valence-electron chi connectivity index (χ1n) is 4.61. The van der Waals surface area contributed by atoms with Crippen LogP contribution >= 0.6 is 0 Å². The highest BCUT2D eigenvalue weighted by molar-refractivity contribution is 5.42. The van der Waals surface area contributed by atoms with E-state index in [2.05, 4.69) is 9.98 Å². The lowest BCUT2D eigenvalue weighted by atomic mass is 10.1. The van der Waals surface area contributed by atoms with Crippen molar-refractivity contribution in [2.75, 3.05) is 0 Å². The summed E-state index contributed by atoms with van der Waals surface area (Å²) in [5, 5.41) is 0. The second-order valence-corrected chi connectivity index (χ2v) is 3.63. The third-order valence-corrected chi connectivity index (χ3v) is 2.54. The number of nitrogens with zero attached hydrogens (tertiary/aromatic N) is 2. The Morgan fingerprint density at radius 3 is 2.62 bits per heavy atom. The molecular formula is C10H7F3N2O. The molecule has 2 rings (SSSR count). The zero-order valence-electron chi connectivity index (χ0n) is 8.08. The maximum Gasteiger partial charge on any atom is 0.418 e. The maximum absolute atomic E-state index is 12.7. The summed E-state index contributed by atoms with van der Waals surface area (Å²) in [4.78, 5) is 17.3.